The molecule has 100 valence electrons. The van der Waals surface area contributed by atoms with Crippen LogP contribution in [0, 0.1) is 0 Å². The summed E-state index contributed by atoms with van der Waals surface area (Å²) in [5.41, 5.74) is 0. The normalized spacial score (nSPS) is 10.3. The molecular weight excluding hydrogens is 256 g/mol. The Morgan fingerprint density at radius 3 is 1.79 bits per heavy atom. The zero-order chi connectivity index (χ0) is 14.2. The molecule has 0 heterocycles. The number of hydrogen-bond acceptors (Lipinski definition) is 7. The maximum absolute atomic E-state index is 9.52. The molecule has 0 radical (unpaired) electrons. The molecule has 0 aromatic heterocycles. The summed E-state index contributed by atoms with van der Waals surface area (Å²) in [4.78, 5) is 0. The van der Waals surface area contributed by atoms with Crippen LogP contribution in [0.25, 0.3) is 0 Å². The molecule has 0 fully saturated rings. The Labute approximate surface area is 106 Å². The molecular formula is C12H10O7. The van der Waals surface area contributed by atoms with Crippen LogP contribution >= 0.6 is 0 Å². The largest absolute Gasteiger partial charge is 0.504 e. The molecule has 0 spiro atoms. The third kappa shape index (κ3) is 2.21. The van der Waals surface area contributed by atoms with E-state index in [1.54, 1.807) is 0 Å². The zero-order valence-corrected chi connectivity index (χ0v) is 9.40. The molecule has 0 atom stereocenters. The Morgan fingerprint density at radius 1 is 0.632 bits per heavy atom. The quantitative estimate of drug-likeness (QED) is 0.456. The average molecular weight is 266 g/mol. The number of phenols is 6. The van der Waals surface area contributed by atoms with Gasteiger partial charge in [-0.15, -0.1) is 0 Å². The van der Waals surface area contributed by atoms with Gasteiger partial charge in [0.25, 0.3) is 0 Å². The van der Waals surface area contributed by atoms with Crippen molar-refractivity contribution in [3.63, 3.8) is 0 Å². The Morgan fingerprint density at radius 2 is 1.21 bits per heavy atom. The number of ether oxygens (including phenoxy) is 1. The van der Waals surface area contributed by atoms with Crippen LogP contribution in [0.15, 0.2) is 24.3 Å². The van der Waals surface area contributed by atoms with E-state index in [4.69, 9.17) is 14.9 Å². The molecule has 0 bridgehead atoms. The van der Waals surface area contributed by atoms with Gasteiger partial charge in [0.2, 0.25) is 17.2 Å². The molecule has 0 saturated carbocycles. The van der Waals surface area contributed by atoms with Crippen LogP contribution < -0.4 is 4.74 Å². The van der Waals surface area contributed by atoms with E-state index in [2.05, 4.69) is 0 Å². The average Bonchev–Trinajstić information content (AvgIpc) is 2.36. The lowest BCUT2D eigenvalue weighted by atomic mass is 10.2. The van der Waals surface area contributed by atoms with Gasteiger partial charge in [-0.25, -0.2) is 0 Å². The summed E-state index contributed by atoms with van der Waals surface area (Å²) in [5, 5.41) is 55.7. The zero-order valence-electron chi connectivity index (χ0n) is 9.40. The lowest BCUT2D eigenvalue weighted by molar-refractivity contribution is 0.344. The second kappa shape index (κ2) is 4.37. The topological polar surface area (TPSA) is 131 Å². The molecule has 2 rings (SSSR count). The monoisotopic (exact) mass is 266 g/mol. The highest BCUT2D eigenvalue weighted by Gasteiger charge is 2.15. The third-order valence-electron chi connectivity index (χ3n) is 2.36. The summed E-state index contributed by atoms with van der Waals surface area (Å²) in [7, 11) is 0. The first-order valence-electron chi connectivity index (χ1n) is 5.07. The van der Waals surface area contributed by atoms with Gasteiger partial charge in [-0.2, -0.15) is 0 Å². The van der Waals surface area contributed by atoms with Crippen molar-refractivity contribution in [1.29, 1.82) is 0 Å². The smallest absolute Gasteiger partial charge is 0.205 e. The minimum Gasteiger partial charge on any atom is -0.504 e. The Bertz CT molecular complexity index is 613. The van der Waals surface area contributed by atoms with Gasteiger partial charge in [0.1, 0.15) is 5.75 Å². The summed E-state index contributed by atoms with van der Waals surface area (Å²) in [5.74, 6) is -4.22. The maximum atomic E-state index is 9.52. The van der Waals surface area contributed by atoms with Crippen LogP contribution in [0.3, 0.4) is 0 Å². The predicted molar refractivity (Wildman–Crippen MR) is 62.9 cm³/mol. The Kier molecular flexibility index (Phi) is 2.88. The Balaban J connectivity index is 2.39. The van der Waals surface area contributed by atoms with Gasteiger partial charge in [0.15, 0.2) is 23.0 Å². The standard InChI is InChI=1S/C12H10O7/c13-6-1-2-9(12(18)11(6)17)19-5-3-7(14)10(16)8(15)4-5/h1-4,13-18H. The van der Waals surface area contributed by atoms with E-state index in [-0.39, 0.29) is 11.5 Å². The van der Waals surface area contributed by atoms with Gasteiger partial charge < -0.3 is 35.4 Å². The molecule has 0 amide bonds. The second-order valence-corrected chi connectivity index (χ2v) is 3.69. The van der Waals surface area contributed by atoms with Gasteiger partial charge in [-0.3, -0.25) is 0 Å². The molecule has 0 saturated heterocycles. The van der Waals surface area contributed by atoms with E-state index in [0.717, 1.165) is 18.2 Å². The van der Waals surface area contributed by atoms with Gasteiger partial charge >= 0.3 is 0 Å². The van der Waals surface area contributed by atoms with E-state index in [1.165, 1.54) is 6.07 Å². The van der Waals surface area contributed by atoms with Crippen molar-refractivity contribution in [1.82, 2.24) is 0 Å². The number of aromatic hydroxyl groups is 6. The van der Waals surface area contributed by atoms with Crippen LogP contribution in [0.4, 0.5) is 0 Å². The molecule has 2 aromatic carbocycles. The number of rotatable bonds is 2. The van der Waals surface area contributed by atoms with Gasteiger partial charge in [0, 0.05) is 12.1 Å². The Hall–Kier alpha value is -2.96. The fourth-order valence-corrected chi connectivity index (χ4v) is 1.40. The molecule has 0 aliphatic rings. The van der Waals surface area contributed by atoms with Crippen LogP contribution in [0.1, 0.15) is 0 Å². The molecule has 0 aliphatic carbocycles. The number of benzene rings is 2. The number of phenolic OH excluding ortho intramolecular Hbond substituents is 6. The van der Waals surface area contributed by atoms with Crippen LogP contribution in [-0.2, 0) is 0 Å². The molecule has 0 aliphatic heterocycles. The lowest BCUT2D eigenvalue weighted by Gasteiger charge is -2.10. The van der Waals surface area contributed by atoms with Crippen molar-refractivity contribution in [3.05, 3.63) is 24.3 Å². The van der Waals surface area contributed by atoms with E-state index >= 15 is 0 Å². The van der Waals surface area contributed by atoms with E-state index in [9.17, 15) is 20.4 Å². The molecule has 7 heteroatoms. The fourth-order valence-electron chi connectivity index (χ4n) is 1.40. The first kappa shape index (κ1) is 12.5. The molecule has 2 aromatic rings. The summed E-state index contributed by atoms with van der Waals surface area (Å²) >= 11 is 0. The SMILES string of the molecule is Oc1cc(Oc2ccc(O)c(O)c2O)cc(O)c1O. The molecule has 7 nitrogen and oxygen atoms in total. The number of hydrogen-bond donors (Lipinski definition) is 6. The fraction of sp³-hybridized carbons (Fsp3) is 0. The van der Waals surface area contributed by atoms with Crippen molar-refractivity contribution < 1.29 is 35.4 Å². The van der Waals surface area contributed by atoms with E-state index < -0.39 is 34.5 Å². The van der Waals surface area contributed by atoms with E-state index in [0.29, 0.717) is 0 Å². The van der Waals surface area contributed by atoms with Gasteiger partial charge in [0.05, 0.1) is 0 Å². The molecule has 6 N–H and O–H groups in total. The summed E-state index contributed by atoms with van der Waals surface area (Å²) in [6.07, 6.45) is 0. The van der Waals surface area contributed by atoms with Gasteiger partial charge in [-0.05, 0) is 12.1 Å². The summed E-state index contributed by atoms with van der Waals surface area (Å²) in [6.45, 7) is 0. The maximum Gasteiger partial charge on any atom is 0.205 e. The summed E-state index contributed by atoms with van der Waals surface area (Å²) in [6, 6.07) is 4.26. The van der Waals surface area contributed by atoms with Gasteiger partial charge in [-0.1, -0.05) is 0 Å². The van der Waals surface area contributed by atoms with Crippen molar-refractivity contribution in [2.24, 2.45) is 0 Å². The van der Waals surface area contributed by atoms with Crippen molar-refractivity contribution >= 4 is 0 Å². The first-order valence-corrected chi connectivity index (χ1v) is 5.07. The summed E-state index contributed by atoms with van der Waals surface area (Å²) < 4.78 is 5.11. The van der Waals surface area contributed by atoms with Crippen molar-refractivity contribution in [3.8, 4) is 46.0 Å². The minimum absolute atomic E-state index is 0.0896. The third-order valence-corrected chi connectivity index (χ3v) is 2.36. The van der Waals surface area contributed by atoms with Crippen molar-refractivity contribution in [2.75, 3.05) is 0 Å². The predicted octanol–water partition coefficient (Wildman–Crippen LogP) is 1.71. The van der Waals surface area contributed by atoms with Crippen LogP contribution in [0.5, 0.6) is 46.0 Å². The van der Waals surface area contributed by atoms with E-state index in [1.807, 2.05) is 0 Å². The van der Waals surface area contributed by atoms with Crippen LogP contribution in [0.2, 0.25) is 0 Å². The highest BCUT2D eigenvalue weighted by atomic mass is 16.5. The highest BCUT2D eigenvalue weighted by molar-refractivity contribution is 5.59. The second-order valence-electron chi connectivity index (χ2n) is 3.69. The molecule has 0 unspecified atom stereocenters. The minimum atomic E-state index is -0.760. The van der Waals surface area contributed by atoms with Crippen molar-refractivity contribution in [2.45, 2.75) is 0 Å². The highest BCUT2D eigenvalue weighted by Crippen LogP contribution is 2.45. The van der Waals surface area contributed by atoms with Crippen LogP contribution in [-0.4, -0.2) is 30.6 Å². The lowest BCUT2D eigenvalue weighted by Crippen LogP contribution is -1.86. The first-order chi connectivity index (χ1) is 8.90. The molecule has 19 heavy (non-hydrogen) atoms.